The number of aliphatic hydroxyl groups is 5. The Kier molecular flexibility index (Phi) is 6.80. The lowest BCUT2D eigenvalue weighted by atomic mass is 9.96. The zero-order chi connectivity index (χ0) is 23.0. The minimum absolute atomic E-state index is 0.0392. The molecule has 32 heavy (non-hydrogen) atoms. The van der Waals surface area contributed by atoms with Crippen LogP contribution in [0, 0.1) is 5.82 Å². The van der Waals surface area contributed by atoms with E-state index in [1.54, 1.807) is 0 Å². The molecule has 2 fully saturated rings. The van der Waals surface area contributed by atoms with Crippen LogP contribution in [0.2, 0.25) is 0 Å². The fourth-order valence-corrected chi connectivity index (χ4v) is 4.06. The molecular weight excluding hydrogens is 419 g/mol. The summed E-state index contributed by atoms with van der Waals surface area (Å²) < 4.78 is 26.2. The van der Waals surface area contributed by atoms with E-state index in [9.17, 15) is 29.9 Å². The SMILES string of the molecule is C[C@H](O)[C@H]1O[C@@H](Oc2cc(CO)cc(F)c2Cc2ccc(C3CC3)cc2)[C@H](O)[C@@H](O)[C@@H]1O. The van der Waals surface area contributed by atoms with Crippen molar-refractivity contribution >= 4 is 0 Å². The van der Waals surface area contributed by atoms with E-state index in [-0.39, 0.29) is 23.3 Å². The quantitative estimate of drug-likeness (QED) is 0.434. The summed E-state index contributed by atoms with van der Waals surface area (Å²) in [6.45, 7) is 0.952. The van der Waals surface area contributed by atoms with Crippen LogP contribution in [0.25, 0.3) is 0 Å². The van der Waals surface area contributed by atoms with Gasteiger partial charge >= 0.3 is 0 Å². The molecule has 2 aromatic rings. The number of aliphatic hydroxyl groups excluding tert-OH is 5. The summed E-state index contributed by atoms with van der Waals surface area (Å²) >= 11 is 0. The van der Waals surface area contributed by atoms with Gasteiger partial charge in [-0.1, -0.05) is 24.3 Å². The molecule has 2 aromatic carbocycles. The second kappa shape index (κ2) is 9.43. The van der Waals surface area contributed by atoms with E-state index < -0.39 is 49.2 Å². The van der Waals surface area contributed by atoms with Crippen LogP contribution in [0.4, 0.5) is 4.39 Å². The molecule has 1 saturated heterocycles. The van der Waals surface area contributed by atoms with Crippen molar-refractivity contribution in [2.24, 2.45) is 0 Å². The van der Waals surface area contributed by atoms with Gasteiger partial charge in [-0.3, -0.25) is 0 Å². The number of ether oxygens (including phenoxy) is 2. The Labute approximate surface area is 185 Å². The standard InChI is InChI=1S/C24H29FO7/c1-12(27)23-21(29)20(28)22(30)24(32-23)31-19-10-14(11-26)9-18(25)17(19)8-13-2-4-15(5-3-13)16-6-7-16/h2-5,9-10,12,16,20-24,26-30H,6-8,11H2,1H3/t12-,20-,21-,22+,23+,24+/m0/s1. The lowest BCUT2D eigenvalue weighted by molar-refractivity contribution is -0.286. The Morgan fingerprint density at radius 1 is 1.03 bits per heavy atom. The third-order valence-corrected chi connectivity index (χ3v) is 6.13. The maximum atomic E-state index is 15.0. The molecule has 0 unspecified atom stereocenters. The van der Waals surface area contributed by atoms with Gasteiger partial charge in [0.25, 0.3) is 0 Å². The molecule has 1 saturated carbocycles. The Hall–Kier alpha value is -2.07. The molecule has 2 aliphatic rings. The Morgan fingerprint density at radius 2 is 1.72 bits per heavy atom. The van der Waals surface area contributed by atoms with Crippen LogP contribution < -0.4 is 4.74 Å². The van der Waals surface area contributed by atoms with E-state index in [4.69, 9.17) is 9.47 Å². The highest BCUT2D eigenvalue weighted by molar-refractivity contribution is 5.42. The van der Waals surface area contributed by atoms with Crippen LogP contribution in [0.15, 0.2) is 36.4 Å². The van der Waals surface area contributed by atoms with Crippen LogP contribution in [-0.4, -0.2) is 62.3 Å². The fourth-order valence-electron chi connectivity index (χ4n) is 4.06. The molecule has 0 amide bonds. The van der Waals surface area contributed by atoms with Crippen molar-refractivity contribution in [1.82, 2.24) is 0 Å². The third kappa shape index (κ3) is 4.80. The van der Waals surface area contributed by atoms with Gasteiger partial charge in [0.15, 0.2) is 0 Å². The highest BCUT2D eigenvalue weighted by atomic mass is 19.1. The van der Waals surface area contributed by atoms with Crippen LogP contribution >= 0.6 is 0 Å². The molecule has 5 N–H and O–H groups in total. The van der Waals surface area contributed by atoms with Gasteiger partial charge in [0, 0.05) is 12.0 Å². The molecule has 0 aromatic heterocycles. The van der Waals surface area contributed by atoms with Gasteiger partial charge in [0.2, 0.25) is 6.29 Å². The molecule has 1 aliphatic heterocycles. The number of hydrogen-bond acceptors (Lipinski definition) is 7. The normalized spacial score (nSPS) is 29.0. The van der Waals surface area contributed by atoms with Crippen molar-refractivity contribution in [3.63, 3.8) is 0 Å². The number of rotatable bonds is 7. The van der Waals surface area contributed by atoms with Crippen molar-refractivity contribution < 1.29 is 39.4 Å². The Balaban J connectivity index is 1.61. The van der Waals surface area contributed by atoms with Gasteiger partial charge in [-0.15, -0.1) is 0 Å². The van der Waals surface area contributed by atoms with Gasteiger partial charge in [0.05, 0.1) is 12.7 Å². The summed E-state index contributed by atoms with van der Waals surface area (Å²) in [5.41, 5.74) is 2.59. The van der Waals surface area contributed by atoms with E-state index in [0.717, 1.165) is 5.56 Å². The van der Waals surface area contributed by atoms with Crippen LogP contribution in [0.1, 0.15) is 47.9 Å². The van der Waals surface area contributed by atoms with Gasteiger partial charge in [0.1, 0.15) is 36.0 Å². The van der Waals surface area contributed by atoms with Crippen molar-refractivity contribution in [1.29, 1.82) is 0 Å². The average Bonchev–Trinajstić information content (AvgIpc) is 3.61. The van der Waals surface area contributed by atoms with Crippen LogP contribution in [-0.2, 0) is 17.8 Å². The maximum absolute atomic E-state index is 15.0. The molecule has 7 nitrogen and oxygen atoms in total. The van der Waals surface area contributed by atoms with Crippen molar-refractivity contribution in [2.75, 3.05) is 0 Å². The first-order valence-corrected chi connectivity index (χ1v) is 10.8. The molecule has 0 spiro atoms. The second-order valence-corrected chi connectivity index (χ2v) is 8.70. The van der Waals surface area contributed by atoms with Crippen molar-refractivity contribution in [2.45, 2.75) is 75.5 Å². The first kappa shape index (κ1) is 23.1. The molecule has 0 radical (unpaired) electrons. The summed E-state index contributed by atoms with van der Waals surface area (Å²) in [5, 5.41) is 49.9. The first-order chi connectivity index (χ1) is 15.3. The summed E-state index contributed by atoms with van der Waals surface area (Å²) in [6, 6.07) is 10.6. The van der Waals surface area contributed by atoms with Crippen LogP contribution in [0.3, 0.4) is 0 Å². The summed E-state index contributed by atoms with van der Waals surface area (Å²) in [4.78, 5) is 0. The lowest BCUT2D eigenvalue weighted by Crippen LogP contribution is -2.61. The second-order valence-electron chi connectivity index (χ2n) is 8.70. The average molecular weight is 448 g/mol. The van der Waals surface area contributed by atoms with Crippen molar-refractivity contribution in [3.05, 3.63) is 64.5 Å². The molecule has 0 bridgehead atoms. The summed E-state index contributed by atoms with van der Waals surface area (Å²) in [7, 11) is 0. The maximum Gasteiger partial charge on any atom is 0.229 e. The fraction of sp³-hybridized carbons (Fsp3) is 0.500. The zero-order valence-corrected chi connectivity index (χ0v) is 17.8. The minimum Gasteiger partial charge on any atom is -0.462 e. The van der Waals surface area contributed by atoms with Gasteiger partial charge in [-0.2, -0.15) is 0 Å². The zero-order valence-electron chi connectivity index (χ0n) is 17.8. The van der Waals surface area contributed by atoms with Crippen molar-refractivity contribution in [3.8, 4) is 5.75 Å². The van der Waals surface area contributed by atoms with E-state index in [0.29, 0.717) is 5.92 Å². The lowest BCUT2D eigenvalue weighted by Gasteiger charge is -2.41. The van der Waals surface area contributed by atoms with E-state index >= 15 is 0 Å². The Morgan fingerprint density at radius 3 is 2.31 bits per heavy atom. The predicted octanol–water partition coefficient (Wildman–Crippen LogP) is 1.35. The first-order valence-electron chi connectivity index (χ1n) is 10.8. The van der Waals surface area contributed by atoms with E-state index in [2.05, 4.69) is 0 Å². The Bertz CT molecular complexity index is 929. The summed E-state index contributed by atoms with van der Waals surface area (Å²) in [5.74, 6) is 0.0603. The van der Waals surface area contributed by atoms with Gasteiger partial charge < -0.3 is 35.0 Å². The predicted molar refractivity (Wildman–Crippen MR) is 113 cm³/mol. The van der Waals surface area contributed by atoms with Gasteiger partial charge in [-0.25, -0.2) is 4.39 Å². The van der Waals surface area contributed by atoms with Crippen LogP contribution in [0.5, 0.6) is 5.75 Å². The van der Waals surface area contributed by atoms with E-state index in [1.165, 1.54) is 37.5 Å². The van der Waals surface area contributed by atoms with Gasteiger partial charge in [-0.05, 0) is 54.5 Å². The molecule has 4 rings (SSSR count). The minimum atomic E-state index is -1.63. The highest BCUT2D eigenvalue weighted by Crippen LogP contribution is 2.40. The largest absolute Gasteiger partial charge is 0.462 e. The molecule has 6 atom stereocenters. The number of hydrogen-bond donors (Lipinski definition) is 5. The molecule has 1 heterocycles. The molecule has 8 heteroatoms. The number of halogens is 1. The van der Waals surface area contributed by atoms with E-state index in [1.807, 2.05) is 24.3 Å². The monoisotopic (exact) mass is 448 g/mol. The summed E-state index contributed by atoms with van der Waals surface area (Å²) in [6.07, 6.45) is -6.02. The molecule has 1 aliphatic carbocycles. The molecular formula is C24H29FO7. The molecule has 174 valence electrons. The highest BCUT2D eigenvalue weighted by Gasteiger charge is 2.46. The number of benzene rings is 2. The topological polar surface area (TPSA) is 120 Å². The third-order valence-electron chi connectivity index (χ3n) is 6.13. The smallest absolute Gasteiger partial charge is 0.229 e.